The molecular weight excluding hydrogens is 60.9 g/mol. The highest BCUT2D eigenvalue weighted by atomic mass is 14.5. The third-order valence-electron chi connectivity index (χ3n) is 0.304. The third-order valence-corrected chi connectivity index (χ3v) is 0.304. The van der Waals surface area contributed by atoms with Gasteiger partial charge in [0.05, 0.1) is 0 Å². The lowest BCUT2D eigenvalue weighted by molar-refractivity contribution is 1.63. The van der Waals surface area contributed by atoms with Crippen LogP contribution in [0, 0.1) is 0 Å². The standard InChI is InChI=1S/C3H7BN/c1-4-2-3-5/h2-3H,5H2,1H3/b3-2-. The quantitative estimate of drug-likeness (QED) is 0.435. The Hall–Kier alpha value is -0.395. The summed E-state index contributed by atoms with van der Waals surface area (Å²) in [5.74, 6) is 1.78. The van der Waals surface area contributed by atoms with E-state index in [4.69, 9.17) is 5.73 Å². The molecule has 2 heteroatoms. The second kappa shape index (κ2) is 3.60. The van der Waals surface area contributed by atoms with Crippen LogP contribution in [0.4, 0.5) is 0 Å². The molecule has 0 spiro atoms. The maximum atomic E-state index is 4.93. The van der Waals surface area contributed by atoms with Gasteiger partial charge in [0.15, 0.2) is 0 Å². The zero-order chi connectivity index (χ0) is 4.12. The second-order valence-corrected chi connectivity index (χ2v) is 0.718. The molecular formula is C3H7BN. The van der Waals surface area contributed by atoms with Gasteiger partial charge in [0.2, 0.25) is 0 Å². The average Bonchev–Trinajstić information content (AvgIpc) is 1.41. The van der Waals surface area contributed by atoms with Crippen molar-refractivity contribution in [2.45, 2.75) is 6.82 Å². The summed E-state index contributed by atoms with van der Waals surface area (Å²) in [5, 5.41) is 0. The van der Waals surface area contributed by atoms with Gasteiger partial charge in [-0.1, -0.05) is 6.82 Å². The highest BCUT2D eigenvalue weighted by Crippen LogP contribution is 1.53. The summed E-state index contributed by atoms with van der Waals surface area (Å²) in [4.78, 5) is 0. The number of nitrogens with two attached hydrogens (primary N) is 1. The van der Waals surface area contributed by atoms with Crippen molar-refractivity contribution in [3.8, 4) is 0 Å². The van der Waals surface area contributed by atoms with Crippen LogP contribution in [0.15, 0.2) is 12.2 Å². The van der Waals surface area contributed by atoms with Gasteiger partial charge in [0.1, 0.15) is 7.28 Å². The van der Waals surface area contributed by atoms with Crippen molar-refractivity contribution in [1.29, 1.82) is 0 Å². The van der Waals surface area contributed by atoms with Crippen LogP contribution in [0.2, 0.25) is 6.82 Å². The summed E-state index contributed by atoms with van der Waals surface area (Å²) in [6, 6.07) is 0. The highest BCUT2D eigenvalue weighted by Gasteiger charge is 1.57. The van der Waals surface area contributed by atoms with E-state index in [0.29, 0.717) is 0 Å². The Morgan fingerprint density at radius 2 is 2.40 bits per heavy atom. The van der Waals surface area contributed by atoms with E-state index in [0.717, 1.165) is 0 Å². The Balaban J connectivity index is 2.62. The topological polar surface area (TPSA) is 26.0 Å². The molecule has 0 fully saturated rings. The van der Waals surface area contributed by atoms with Crippen molar-refractivity contribution in [3.63, 3.8) is 0 Å². The second-order valence-electron chi connectivity index (χ2n) is 0.718. The van der Waals surface area contributed by atoms with Gasteiger partial charge in [-0.3, -0.25) is 0 Å². The van der Waals surface area contributed by atoms with Crippen LogP contribution >= 0.6 is 0 Å². The van der Waals surface area contributed by atoms with Gasteiger partial charge in [-0.25, -0.2) is 0 Å². The SMILES string of the molecule is C[B]/C=C\N. The maximum Gasteiger partial charge on any atom is 0.139 e. The Morgan fingerprint density at radius 1 is 1.80 bits per heavy atom. The van der Waals surface area contributed by atoms with Crippen LogP contribution in [-0.4, -0.2) is 7.28 Å². The minimum absolute atomic E-state index is 1.50. The lowest BCUT2D eigenvalue weighted by Crippen LogP contribution is -1.78. The van der Waals surface area contributed by atoms with Crippen molar-refractivity contribution in [2.75, 3.05) is 0 Å². The van der Waals surface area contributed by atoms with E-state index < -0.39 is 0 Å². The molecule has 0 atom stereocenters. The first-order chi connectivity index (χ1) is 2.41. The fourth-order valence-corrected chi connectivity index (χ4v) is 0.111. The van der Waals surface area contributed by atoms with E-state index in [1.54, 1.807) is 5.98 Å². The summed E-state index contributed by atoms with van der Waals surface area (Å²) in [5.41, 5.74) is 4.93. The first kappa shape index (κ1) is 4.60. The lowest BCUT2D eigenvalue weighted by Gasteiger charge is -1.63. The van der Waals surface area contributed by atoms with E-state index in [1.165, 1.54) is 6.20 Å². The predicted octanol–water partition coefficient (Wildman–Crippen LogP) is 0.169. The average molecular weight is 67.9 g/mol. The molecule has 1 nitrogen and oxygen atoms in total. The van der Waals surface area contributed by atoms with E-state index >= 15 is 0 Å². The lowest BCUT2D eigenvalue weighted by atomic mass is 9.83. The first-order valence-corrected chi connectivity index (χ1v) is 1.58. The molecule has 0 rings (SSSR count). The first-order valence-electron chi connectivity index (χ1n) is 1.58. The summed E-state index contributed by atoms with van der Waals surface area (Å²) < 4.78 is 0. The Labute approximate surface area is 33.1 Å². The van der Waals surface area contributed by atoms with Crippen LogP contribution in [0.25, 0.3) is 0 Å². The zero-order valence-corrected chi connectivity index (χ0v) is 3.31. The summed E-state index contributed by atoms with van der Waals surface area (Å²) in [6.07, 6.45) is 1.50. The summed E-state index contributed by atoms with van der Waals surface area (Å²) in [7, 11) is 1.88. The molecule has 0 aromatic carbocycles. The molecule has 5 heavy (non-hydrogen) atoms. The van der Waals surface area contributed by atoms with Crippen molar-refractivity contribution < 1.29 is 0 Å². The van der Waals surface area contributed by atoms with E-state index in [9.17, 15) is 0 Å². The molecule has 0 saturated carbocycles. The number of hydrogen-bond acceptors (Lipinski definition) is 1. The molecule has 2 N–H and O–H groups in total. The van der Waals surface area contributed by atoms with Gasteiger partial charge in [0, 0.05) is 0 Å². The molecule has 0 aliphatic rings. The largest absolute Gasteiger partial charge is 0.406 e. The molecule has 0 aromatic rings. The molecule has 0 aliphatic carbocycles. The Bertz CT molecular complexity index is 33.9. The van der Waals surface area contributed by atoms with E-state index in [1.807, 2.05) is 14.1 Å². The molecule has 1 radical (unpaired) electrons. The van der Waals surface area contributed by atoms with Gasteiger partial charge in [-0.2, -0.15) is 0 Å². The van der Waals surface area contributed by atoms with Crippen molar-refractivity contribution in [2.24, 2.45) is 5.73 Å². The smallest absolute Gasteiger partial charge is 0.139 e. The molecule has 0 aromatic heterocycles. The predicted molar refractivity (Wildman–Crippen MR) is 24.9 cm³/mol. The fraction of sp³-hybridized carbons (Fsp3) is 0.333. The van der Waals surface area contributed by atoms with Gasteiger partial charge in [-0.15, -0.1) is 5.98 Å². The summed E-state index contributed by atoms with van der Waals surface area (Å²) in [6.45, 7) is 1.92. The number of hydrogen-bond donors (Lipinski definition) is 1. The maximum absolute atomic E-state index is 4.93. The van der Waals surface area contributed by atoms with Crippen LogP contribution in [0.5, 0.6) is 0 Å². The van der Waals surface area contributed by atoms with Crippen LogP contribution in [-0.2, 0) is 0 Å². The molecule has 0 saturated heterocycles. The molecule has 27 valence electrons. The zero-order valence-electron chi connectivity index (χ0n) is 3.31. The van der Waals surface area contributed by atoms with Gasteiger partial charge >= 0.3 is 0 Å². The minimum atomic E-state index is 1.50. The van der Waals surface area contributed by atoms with Crippen LogP contribution in [0.3, 0.4) is 0 Å². The number of rotatable bonds is 1. The van der Waals surface area contributed by atoms with Crippen LogP contribution in [0.1, 0.15) is 0 Å². The van der Waals surface area contributed by atoms with E-state index in [-0.39, 0.29) is 0 Å². The molecule has 0 bridgehead atoms. The van der Waals surface area contributed by atoms with Crippen LogP contribution < -0.4 is 5.73 Å². The summed E-state index contributed by atoms with van der Waals surface area (Å²) >= 11 is 0. The monoisotopic (exact) mass is 68.1 g/mol. The molecule has 0 amide bonds. The van der Waals surface area contributed by atoms with E-state index in [2.05, 4.69) is 0 Å². The molecule has 0 heterocycles. The molecule has 0 aliphatic heterocycles. The van der Waals surface area contributed by atoms with Gasteiger partial charge in [0.25, 0.3) is 0 Å². The van der Waals surface area contributed by atoms with Crippen molar-refractivity contribution in [3.05, 3.63) is 12.2 Å². The van der Waals surface area contributed by atoms with Crippen molar-refractivity contribution in [1.82, 2.24) is 0 Å². The highest BCUT2D eigenvalue weighted by molar-refractivity contribution is 6.40. The Kier molecular flexibility index (Phi) is 3.32. The van der Waals surface area contributed by atoms with Gasteiger partial charge in [-0.05, 0) is 6.20 Å². The normalized spacial score (nSPS) is 9.00. The third kappa shape index (κ3) is 3.60. The van der Waals surface area contributed by atoms with Gasteiger partial charge < -0.3 is 5.73 Å². The fourth-order valence-electron chi connectivity index (χ4n) is 0.111. The Morgan fingerprint density at radius 3 is 2.40 bits per heavy atom. The molecule has 0 unspecified atom stereocenters. The van der Waals surface area contributed by atoms with Crippen molar-refractivity contribution >= 4 is 7.28 Å². The minimum Gasteiger partial charge on any atom is -0.406 e.